The molecule has 0 saturated carbocycles. The number of hydrogen-bond donors (Lipinski definition) is 0. The molecule has 1 saturated heterocycles. The second-order valence-corrected chi connectivity index (χ2v) is 5.84. The standard InChI is InChI=1S/C4H7O2.HI.Mg/c1-4-5-2-3-6-4;;/h4H,1-3H2;1H;/q;;+1/p-1. The molecule has 1 aliphatic rings. The van der Waals surface area contributed by atoms with Crippen LogP contribution in [0.2, 0.25) is 4.55 Å². The molecule has 0 aliphatic carbocycles. The Balaban J connectivity index is 2.06. The van der Waals surface area contributed by atoms with Crippen LogP contribution in [0.4, 0.5) is 0 Å². The van der Waals surface area contributed by atoms with E-state index < -0.39 is 0 Å². The van der Waals surface area contributed by atoms with Crippen molar-refractivity contribution in [1.29, 1.82) is 0 Å². The fraction of sp³-hybridized carbons (Fsp3) is 1.00. The molecular formula is C4H7IMgO2. The maximum absolute atomic E-state index is 5.20. The molecule has 1 fully saturated rings. The smallest absolute Gasteiger partial charge is 0.353 e. The van der Waals surface area contributed by atoms with E-state index in [1.807, 2.05) is 0 Å². The summed E-state index contributed by atoms with van der Waals surface area (Å²) < 4.78 is 11.6. The fourth-order valence-corrected chi connectivity index (χ4v) is 2.70. The van der Waals surface area contributed by atoms with Gasteiger partial charge in [0.05, 0.1) is 13.2 Å². The normalized spacial score (nSPS) is 21.1. The van der Waals surface area contributed by atoms with E-state index in [1.54, 1.807) is 0 Å². The Morgan fingerprint density at radius 1 is 1.50 bits per heavy atom. The molecule has 0 aromatic heterocycles. The number of ether oxygens (including phenoxy) is 2. The fourth-order valence-electron chi connectivity index (χ4n) is 0.663. The molecular weight excluding hydrogens is 231 g/mol. The summed E-state index contributed by atoms with van der Waals surface area (Å²) in [6, 6.07) is 0. The summed E-state index contributed by atoms with van der Waals surface area (Å²) in [5.41, 5.74) is 0. The van der Waals surface area contributed by atoms with E-state index in [-0.39, 0.29) is 22.8 Å². The zero-order valence-corrected chi connectivity index (χ0v) is 8.17. The van der Waals surface area contributed by atoms with Crippen LogP contribution in [0.15, 0.2) is 0 Å². The van der Waals surface area contributed by atoms with E-state index >= 15 is 0 Å². The van der Waals surface area contributed by atoms with Crippen LogP contribution in [0.5, 0.6) is 0 Å². The molecule has 0 radical (unpaired) electrons. The molecule has 0 amide bonds. The Kier molecular flexibility index (Phi) is 4.01. The third-order valence-corrected chi connectivity index (χ3v) is 3.59. The van der Waals surface area contributed by atoms with Crippen LogP contribution in [0.1, 0.15) is 0 Å². The first-order chi connectivity index (χ1) is 3.93. The second kappa shape index (κ2) is 4.27. The van der Waals surface area contributed by atoms with Gasteiger partial charge in [-0.3, -0.25) is 0 Å². The van der Waals surface area contributed by atoms with E-state index in [9.17, 15) is 0 Å². The summed E-state index contributed by atoms with van der Waals surface area (Å²) in [6.07, 6.45) is 0.165. The third kappa shape index (κ3) is 2.34. The van der Waals surface area contributed by atoms with Crippen LogP contribution >= 0.6 is 18.9 Å². The molecule has 44 valence electrons. The Morgan fingerprint density at radius 3 is 2.62 bits per heavy atom. The Bertz CT molecular complexity index is 65.1. The molecule has 8 heavy (non-hydrogen) atoms. The molecule has 2 nitrogen and oxygen atoms in total. The van der Waals surface area contributed by atoms with Gasteiger partial charge in [-0.2, -0.15) is 0 Å². The van der Waals surface area contributed by atoms with Crippen molar-refractivity contribution in [3.05, 3.63) is 0 Å². The summed E-state index contributed by atoms with van der Waals surface area (Å²) in [4.78, 5) is 0. The molecule has 0 spiro atoms. The minimum Gasteiger partial charge on any atom is -0.353 e. The van der Waals surface area contributed by atoms with Gasteiger partial charge in [-0.15, -0.1) is 0 Å². The van der Waals surface area contributed by atoms with Gasteiger partial charge in [0.15, 0.2) is 0 Å². The van der Waals surface area contributed by atoms with Gasteiger partial charge in [-0.1, -0.05) is 4.55 Å². The van der Waals surface area contributed by atoms with Gasteiger partial charge in [0, 0.05) is 0 Å². The maximum Gasteiger partial charge on any atom is 0.470 e. The summed E-state index contributed by atoms with van der Waals surface area (Å²) in [6.45, 7) is 1.60. The van der Waals surface area contributed by atoms with Gasteiger partial charge < -0.3 is 28.3 Å². The summed E-state index contributed by atoms with van der Waals surface area (Å²) in [5, 5.41) is 0. The average molecular weight is 238 g/mol. The first kappa shape index (κ1) is 7.52. The van der Waals surface area contributed by atoms with E-state index in [0.717, 1.165) is 13.2 Å². The van der Waals surface area contributed by atoms with Crippen molar-refractivity contribution in [2.45, 2.75) is 10.8 Å². The van der Waals surface area contributed by atoms with Crippen LogP contribution in [0, 0.1) is 0 Å². The van der Waals surface area contributed by atoms with E-state index in [1.165, 1.54) is 4.55 Å². The van der Waals surface area contributed by atoms with Crippen LogP contribution in [-0.4, -0.2) is 36.0 Å². The lowest BCUT2D eigenvalue weighted by Gasteiger charge is -2.03. The van der Waals surface area contributed by atoms with Crippen molar-refractivity contribution in [3.63, 3.8) is 0 Å². The predicted octanol–water partition coefficient (Wildman–Crippen LogP) is 0.832. The molecule has 1 heterocycles. The van der Waals surface area contributed by atoms with Crippen molar-refractivity contribution >= 4 is 35.3 Å². The quantitative estimate of drug-likeness (QED) is 0.524. The van der Waals surface area contributed by atoms with Gasteiger partial charge in [0.2, 0.25) is 0 Å². The largest absolute Gasteiger partial charge is 0.470 e. The van der Waals surface area contributed by atoms with Gasteiger partial charge in [-0.05, 0) is 0 Å². The van der Waals surface area contributed by atoms with E-state index in [4.69, 9.17) is 9.47 Å². The lowest BCUT2D eigenvalue weighted by atomic mass is 10.8. The minimum absolute atomic E-state index is 0.105. The topological polar surface area (TPSA) is 18.5 Å². The lowest BCUT2D eigenvalue weighted by molar-refractivity contribution is -0.0249. The molecule has 0 unspecified atom stereocenters. The molecule has 0 atom stereocenters. The summed E-state index contributed by atoms with van der Waals surface area (Å²) >= 11 is 2.56. The van der Waals surface area contributed by atoms with E-state index in [0.29, 0.717) is 0 Å². The molecule has 0 bridgehead atoms. The highest BCUT2D eigenvalue weighted by molar-refractivity contribution is 14.1. The molecule has 1 rings (SSSR count). The molecule has 0 aromatic carbocycles. The van der Waals surface area contributed by atoms with Gasteiger partial charge in [0.25, 0.3) is 0 Å². The Morgan fingerprint density at radius 2 is 2.12 bits per heavy atom. The number of hydrogen-bond acceptors (Lipinski definition) is 2. The zero-order valence-electron chi connectivity index (χ0n) is 4.60. The SMILES string of the molecule is [I][Mg][CH2]C1OCCO1. The summed E-state index contributed by atoms with van der Waals surface area (Å²) in [5.74, 6) is 0. The maximum atomic E-state index is 5.20. The average Bonchev–Trinajstić information content (AvgIpc) is 2.19. The van der Waals surface area contributed by atoms with Crippen molar-refractivity contribution in [3.8, 4) is 0 Å². The predicted molar refractivity (Wildman–Crippen MR) is 40.3 cm³/mol. The van der Waals surface area contributed by atoms with Crippen LogP contribution in [0.3, 0.4) is 0 Å². The monoisotopic (exact) mass is 238 g/mol. The van der Waals surface area contributed by atoms with Crippen molar-refractivity contribution in [1.82, 2.24) is 0 Å². The van der Waals surface area contributed by atoms with Crippen LogP contribution < -0.4 is 0 Å². The molecule has 0 N–H and O–H groups in total. The lowest BCUT2D eigenvalue weighted by Crippen LogP contribution is -2.07. The number of halogens is 1. The van der Waals surface area contributed by atoms with Crippen molar-refractivity contribution in [2.75, 3.05) is 13.2 Å². The molecule has 0 aromatic rings. The first-order valence-corrected chi connectivity index (χ1v) is 8.84. The highest BCUT2D eigenvalue weighted by atomic mass is 127. The minimum atomic E-state index is 0.105. The highest BCUT2D eigenvalue weighted by Crippen LogP contribution is 2.08. The van der Waals surface area contributed by atoms with Crippen LogP contribution in [-0.2, 0) is 9.47 Å². The Labute approximate surface area is 68.4 Å². The van der Waals surface area contributed by atoms with Gasteiger partial charge >= 0.3 is 16.5 Å². The van der Waals surface area contributed by atoms with Crippen molar-refractivity contribution in [2.24, 2.45) is 0 Å². The summed E-state index contributed by atoms with van der Waals surface area (Å²) in [7, 11) is 0. The second-order valence-electron chi connectivity index (χ2n) is 1.65. The zero-order chi connectivity index (χ0) is 5.82. The highest BCUT2D eigenvalue weighted by Gasteiger charge is 2.14. The Hall–Kier alpha value is 1.42. The first-order valence-electron chi connectivity index (χ1n) is 2.72. The van der Waals surface area contributed by atoms with E-state index in [2.05, 4.69) is 18.9 Å². The van der Waals surface area contributed by atoms with Crippen molar-refractivity contribution < 1.29 is 9.47 Å². The van der Waals surface area contributed by atoms with Crippen LogP contribution in [0.25, 0.3) is 0 Å². The number of rotatable bonds is 2. The van der Waals surface area contributed by atoms with Gasteiger partial charge in [-0.25, -0.2) is 0 Å². The molecule has 1 aliphatic heterocycles. The van der Waals surface area contributed by atoms with Gasteiger partial charge in [0.1, 0.15) is 6.29 Å². The molecule has 4 heteroatoms. The third-order valence-electron chi connectivity index (χ3n) is 1.04.